The third-order valence-electron chi connectivity index (χ3n) is 6.35. The first-order chi connectivity index (χ1) is 20.9. The molecule has 2 aromatic carbocycles. The van der Waals surface area contributed by atoms with E-state index >= 15 is 0 Å². The summed E-state index contributed by atoms with van der Waals surface area (Å²) in [4.78, 5) is 66.8. The second-order valence-corrected chi connectivity index (χ2v) is 12.6. The fraction of sp³-hybridized carbons (Fsp3) is 0.441. The highest BCUT2D eigenvalue weighted by Crippen LogP contribution is 2.25. The number of ether oxygens (including phenoxy) is 2. The number of terminal acetylenes is 1. The van der Waals surface area contributed by atoms with E-state index in [-0.39, 0.29) is 19.3 Å². The zero-order chi connectivity index (χ0) is 33.9. The zero-order valence-corrected chi connectivity index (χ0v) is 27.0. The second kappa shape index (κ2) is 15.7. The number of amides is 4. The minimum atomic E-state index is -1.35. The summed E-state index contributed by atoms with van der Waals surface area (Å²) >= 11 is 0. The number of hydrogen-bond donors (Lipinski definition) is 3. The molecular weight excluding hydrogens is 576 g/mol. The molecule has 2 aromatic rings. The van der Waals surface area contributed by atoms with E-state index in [0.29, 0.717) is 11.1 Å². The van der Waals surface area contributed by atoms with Crippen LogP contribution in [0.5, 0.6) is 0 Å². The summed E-state index contributed by atoms with van der Waals surface area (Å²) in [6.07, 6.45) is 4.61. The summed E-state index contributed by atoms with van der Waals surface area (Å²) < 4.78 is 10.9. The molecule has 0 spiro atoms. The van der Waals surface area contributed by atoms with Crippen molar-refractivity contribution in [3.8, 4) is 12.3 Å². The second-order valence-electron chi connectivity index (χ2n) is 12.6. The molecule has 2 rings (SSSR count). The number of primary amides is 1. The van der Waals surface area contributed by atoms with Gasteiger partial charge in [-0.3, -0.25) is 14.4 Å². The Hall–Kier alpha value is -4.85. The van der Waals surface area contributed by atoms with E-state index in [0.717, 1.165) is 10.5 Å². The van der Waals surface area contributed by atoms with E-state index in [1.807, 2.05) is 30.3 Å². The van der Waals surface area contributed by atoms with Gasteiger partial charge in [0.25, 0.3) is 0 Å². The molecule has 0 aliphatic heterocycles. The molecule has 0 aliphatic rings. The number of nitrogens with one attached hydrogen (secondary N) is 2. The Morgan fingerprint density at radius 1 is 0.867 bits per heavy atom. The summed E-state index contributed by atoms with van der Waals surface area (Å²) in [6, 6.07) is 11.9. The number of alkyl carbamates (subject to hydrolysis) is 1. The first-order valence-electron chi connectivity index (χ1n) is 14.6. The van der Waals surface area contributed by atoms with Crippen molar-refractivity contribution in [3.05, 3.63) is 71.3 Å². The van der Waals surface area contributed by atoms with Crippen LogP contribution in [0.2, 0.25) is 0 Å². The van der Waals surface area contributed by atoms with Gasteiger partial charge in [-0.1, -0.05) is 54.5 Å². The molecule has 11 nitrogen and oxygen atoms in total. The van der Waals surface area contributed by atoms with Gasteiger partial charge in [0.1, 0.15) is 29.3 Å². The molecule has 45 heavy (non-hydrogen) atoms. The topological polar surface area (TPSA) is 157 Å². The van der Waals surface area contributed by atoms with Gasteiger partial charge < -0.3 is 30.7 Å². The Bertz CT molecular complexity index is 1400. The van der Waals surface area contributed by atoms with Crippen LogP contribution < -0.4 is 16.4 Å². The Morgan fingerprint density at radius 3 is 2.00 bits per heavy atom. The molecule has 0 heterocycles. The molecule has 0 aromatic heterocycles. The molecule has 4 N–H and O–H groups in total. The third kappa shape index (κ3) is 12.0. The van der Waals surface area contributed by atoms with E-state index in [2.05, 4.69) is 16.6 Å². The number of likely N-dealkylation sites (N-methyl/N-ethyl adjacent to an activating group) is 1. The number of rotatable bonds is 12. The number of carbonyl (C=O) groups excluding carboxylic acids is 5. The highest BCUT2D eigenvalue weighted by molar-refractivity contribution is 5.94. The first-order valence-corrected chi connectivity index (χ1v) is 14.6. The minimum absolute atomic E-state index is 0.115. The Kier molecular flexibility index (Phi) is 12.7. The van der Waals surface area contributed by atoms with E-state index in [9.17, 15) is 24.0 Å². The summed E-state index contributed by atoms with van der Waals surface area (Å²) in [5.74, 6) is -0.244. The lowest BCUT2D eigenvalue weighted by Crippen LogP contribution is -2.54. The SMILES string of the molecule is C#Cc1ccccc1C(C(=O)NC(Cc1ccccc1)C(=O)OC(C)(C)C)N(C)C(=O)C(CCC(N)=O)NC(=O)OC(C)(C)C. The molecular formula is C34H44N4O7. The first kappa shape index (κ1) is 36.3. The van der Waals surface area contributed by atoms with Crippen LogP contribution in [0, 0.1) is 12.3 Å². The van der Waals surface area contributed by atoms with Gasteiger partial charge in [-0.15, -0.1) is 6.42 Å². The van der Waals surface area contributed by atoms with Crippen LogP contribution in [0.3, 0.4) is 0 Å². The average molecular weight is 621 g/mol. The van der Waals surface area contributed by atoms with Crippen molar-refractivity contribution in [2.45, 2.75) is 90.1 Å². The summed E-state index contributed by atoms with van der Waals surface area (Å²) in [5, 5.41) is 5.27. The van der Waals surface area contributed by atoms with Gasteiger partial charge in [0.2, 0.25) is 17.7 Å². The third-order valence-corrected chi connectivity index (χ3v) is 6.35. The maximum absolute atomic E-state index is 14.2. The van der Waals surface area contributed by atoms with Crippen molar-refractivity contribution in [3.63, 3.8) is 0 Å². The number of nitrogens with zero attached hydrogens (tertiary/aromatic N) is 1. The fourth-order valence-electron chi connectivity index (χ4n) is 4.43. The quantitative estimate of drug-likeness (QED) is 0.242. The Labute approximate surface area is 265 Å². The number of carbonyl (C=O) groups is 5. The largest absolute Gasteiger partial charge is 0.458 e. The summed E-state index contributed by atoms with van der Waals surface area (Å²) in [5.41, 5.74) is 5.05. The highest BCUT2D eigenvalue weighted by Gasteiger charge is 2.37. The molecule has 0 saturated carbocycles. The van der Waals surface area contributed by atoms with Crippen molar-refractivity contribution >= 4 is 29.8 Å². The lowest BCUT2D eigenvalue weighted by atomic mass is 9.97. The van der Waals surface area contributed by atoms with Crippen LogP contribution in [0.1, 0.15) is 77.1 Å². The van der Waals surface area contributed by atoms with Gasteiger partial charge in [0.05, 0.1) is 0 Å². The van der Waals surface area contributed by atoms with Gasteiger partial charge in [-0.25, -0.2) is 9.59 Å². The standard InChI is InChI=1S/C34H44N4O7/c1-9-23-17-13-14-18-24(23)28(38(8)30(41)25(19-20-27(35)39)37-32(43)45-34(5,6)7)29(40)36-26(31(42)44-33(2,3)4)21-22-15-11-10-12-16-22/h1,10-18,25-26,28H,19-21H2,2-8H3,(H2,35,39)(H,36,40)(H,37,43). The lowest BCUT2D eigenvalue weighted by molar-refractivity contribution is -0.159. The summed E-state index contributed by atoms with van der Waals surface area (Å²) in [6.45, 7) is 10.1. The highest BCUT2D eigenvalue weighted by atomic mass is 16.6. The predicted octanol–water partition coefficient (Wildman–Crippen LogP) is 3.40. The monoisotopic (exact) mass is 620 g/mol. The van der Waals surface area contributed by atoms with Crippen LogP contribution >= 0.6 is 0 Å². The van der Waals surface area contributed by atoms with Crippen molar-refractivity contribution in [1.82, 2.24) is 15.5 Å². The van der Waals surface area contributed by atoms with Crippen LogP contribution in [-0.4, -0.2) is 65.0 Å². The van der Waals surface area contributed by atoms with Crippen LogP contribution in [-0.2, 0) is 35.1 Å². The number of nitrogens with two attached hydrogens (primary N) is 1. The fourth-order valence-corrected chi connectivity index (χ4v) is 4.43. The van der Waals surface area contributed by atoms with Crippen molar-refractivity contribution in [2.24, 2.45) is 5.73 Å². The van der Waals surface area contributed by atoms with E-state index in [4.69, 9.17) is 21.6 Å². The molecule has 0 radical (unpaired) electrons. The molecule has 0 aliphatic carbocycles. The van der Waals surface area contributed by atoms with Crippen LogP contribution in [0.25, 0.3) is 0 Å². The maximum Gasteiger partial charge on any atom is 0.408 e. The molecule has 0 fully saturated rings. The maximum atomic E-state index is 14.2. The Balaban J connectivity index is 2.54. The van der Waals surface area contributed by atoms with Crippen molar-refractivity contribution in [2.75, 3.05) is 7.05 Å². The normalized spacial score (nSPS) is 13.3. The minimum Gasteiger partial charge on any atom is -0.458 e. The van der Waals surface area contributed by atoms with Crippen molar-refractivity contribution in [1.29, 1.82) is 0 Å². The average Bonchev–Trinajstić information content (AvgIpc) is 2.93. The number of benzene rings is 2. The molecule has 4 amide bonds. The Morgan fingerprint density at radius 2 is 1.44 bits per heavy atom. The van der Waals surface area contributed by atoms with Gasteiger partial charge in [0, 0.05) is 25.5 Å². The van der Waals surface area contributed by atoms with Crippen molar-refractivity contribution < 1.29 is 33.4 Å². The van der Waals surface area contributed by atoms with Gasteiger partial charge in [0.15, 0.2) is 0 Å². The van der Waals surface area contributed by atoms with Crippen LogP contribution in [0.15, 0.2) is 54.6 Å². The molecule has 242 valence electrons. The van der Waals surface area contributed by atoms with E-state index in [1.165, 1.54) is 7.05 Å². The molecule has 3 atom stereocenters. The van der Waals surface area contributed by atoms with E-state index in [1.54, 1.807) is 65.8 Å². The van der Waals surface area contributed by atoms with Crippen LogP contribution in [0.4, 0.5) is 4.79 Å². The smallest absolute Gasteiger partial charge is 0.408 e. The van der Waals surface area contributed by atoms with Gasteiger partial charge in [-0.2, -0.15) is 0 Å². The lowest BCUT2D eigenvalue weighted by Gasteiger charge is -2.33. The van der Waals surface area contributed by atoms with Gasteiger partial charge >= 0.3 is 12.1 Å². The summed E-state index contributed by atoms with van der Waals surface area (Å²) in [7, 11) is 1.37. The van der Waals surface area contributed by atoms with Gasteiger partial charge in [-0.05, 0) is 65.2 Å². The molecule has 3 unspecified atom stereocenters. The predicted molar refractivity (Wildman–Crippen MR) is 169 cm³/mol. The number of esters is 1. The zero-order valence-electron chi connectivity index (χ0n) is 27.0. The van der Waals surface area contributed by atoms with E-state index < -0.39 is 59.1 Å². The molecule has 0 bridgehead atoms. The number of hydrogen-bond acceptors (Lipinski definition) is 7. The molecule has 0 saturated heterocycles. The molecule has 11 heteroatoms.